The van der Waals surface area contributed by atoms with Gasteiger partial charge in [-0.25, -0.2) is 0 Å². The van der Waals surface area contributed by atoms with E-state index >= 15 is 0 Å². The molecule has 5 heteroatoms. The molecule has 118 valence electrons. The Labute approximate surface area is 150 Å². The molecule has 0 bridgehead atoms. The SMILES string of the molecule is N#C/C(=C\c1cn(Cc2ccccc2Cl)c2ccccc12)C(N)=S. The van der Waals surface area contributed by atoms with E-state index in [4.69, 9.17) is 29.6 Å². The van der Waals surface area contributed by atoms with Crippen LogP contribution in [0.15, 0.2) is 60.3 Å². The highest BCUT2D eigenvalue weighted by Gasteiger charge is 2.10. The minimum atomic E-state index is 0.0976. The van der Waals surface area contributed by atoms with Crippen molar-refractivity contribution in [2.24, 2.45) is 5.73 Å². The standard InChI is InChI=1S/C19H14ClN3S/c20-17-7-3-1-5-13(17)11-23-12-15(9-14(10-21)19(22)24)16-6-2-4-8-18(16)23/h1-9,12H,11H2,(H2,22,24)/b14-9+. The Morgan fingerprint density at radius 1 is 1.21 bits per heavy atom. The lowest BCUT2D eigenvalue weighted by Gasteiger charge is -2.07. The third-order valence-corrected chi connectivity index (χ3v) is 4.39. The summed E-state index contributed by atoms with van der Waals surface area (Å²) >= 11 is 11.2. The predicted molar refractivity (Wildman–Crippen MR) is 103 cm³/mol. The number of benzene rings is 2. The molecule has 1 aromatic heterocycles. The third-order valence-electron chi connectivity index (χ3n) is 3.80. The van der Waals surface area contributed by atoms with E-state index in [1.807, 2.05) is 60.8 Å². The summed E-state index contributed by atoms with van der Waals surface area (Å²) in [6, 6.07) is 17.8. The van der Waals surface area contributed by atoms with E-state index in [0.717, 1.165) is 27.1 Å². The highest BCUT2D eigenvalue weighted by molar-refractivity contribution is 7.80. The number of para-hydroxylation sites is 1. The van der Waals surface area contributed by atoms with E-state index in [2.05, 4.69) is 4.57 Å². The van der Waals surface area contributed by atoms with E-state index in [1.165, 1.54) is 0 Å². The minimum Gasteiger partial charge on any atom is -0.389 e. The molecule has 0 amide bonds. The van der Waals surface area contributed by atoms with Crippen LogP contribution in [0.25, 0.3) is 17.0 Å². The predicted octanol–water partition coefficient (Wildman–Crippen LogP) is 4.54. The average molecular weight is 352 g/mol. The summed E-state index contributed by atoms with van der Waals surface area (Å²) in [7, 11) is 0. The summed E-state index contributed by atoms with van der Waals surface area (Å²) in [6.07, 6.45) is 3.72. The van der Waals surface area contributed by atoms with Crippen LogP contribution in [-0.4, -0.2) is 9.56 Å². The highest BCUT2D eigenvalue weighted by atomic mass is 35.5. The Morgan fingerprint density at radius 3 is 2.62 bits per heavy atom. The summed E-state index contributed by atoms with van der Waals surface area (Å²) in [6.45, 7) is 0.642. The lowest BCUT2D eigenvalue weighted by molar-refractivity contribution is 0.836. The van der Waals surface area contributed by atoms with E-state index < -0.39 is 0 Å². The second kappa shape index (κ2) is 6.88. The van der Waals surface area contributed by atoms with Gasteiger partial charge in [-0.1, -0.05) is 60.2 Å². The molecule has 3 rings (SSSR count). The molecule has 0 aliphatic rings. The summed E-state index contributed by atoms with van der Waals surface area (Å²) in [5, 5.41) is 11.0. The van der Waals surface area contributed by atoms with Gasteiger partial charge in [-0.2, -0.15) is 5.26 Å². The molecule has 3 nitrogen and oxygen atoms in total. The summed E-state index contributed by atoms with van der Waals surface area (Å²) in [4.78, 5) is 0.0976. The van der Waals surface area contributed by atoms with Crippen molar-refractivity contribution in [2.75, 3.05) is 0 Å². The van der Waals surface area contributed by atoms with Crippen LogP contribution < -0.4 is 5.73 Å². The van der Waals surface area contributed by atoms with Crippen molar-refractivity contribution < 1.29 is 0 Å². The van der Waals surface area contributed by atoms with Gasteiger partial charge in [0.25, 0.3) is 0 Å². The van der Waals surface area contributed by atoms with Crippen molar-refractivity contribution in [1.29, 1.82) is 5.26 Å². The molecule has 0 aliphatic heterocycles. The largest absolute Gasteiger partial charge is 0.389 e. The zero-order valence-electron chi connectivity index (χ0n) is 12.7. The van der Waals surface area contributed by atoms with Gasteiger partial charge >= 0.3 is 0 Å². The van der Waals surface area contributed by atoms with Crippen molar-refractivity contribution in [3.63, 3.8) is 0 Å². The third kappa shape index (κ3) is 3.18. The first-order chi connectivity index (χ1) is 11.6. The molecule has 2 N–H and O–H groups in total. The molecule has 0 saturated heterocycles. The summed E-state index contributed by atoms with van der Waals surface area (Å²) in [5.41, 5.74) is 8.90. The number of rotatable bonds is 4. The van der Waals surface area contributed by atoms with Gasteiger partial charge in [0.05, 0.1) is 5.57 Å². The maximum atomic E-state index is 9.20. The molecular weight excluding hydrogens is 338 g/mol. The molecule has 0 fully saturated rings. The number of nitriles is 1. The van der Waals surface area contributed by atoms with Crippen LogP contribution in [-0.2, 0) is 6.54 Å². The Kier molecular flexibility index (Phi) is 4.66. The smallest absolute Gasteiger partial charge is 0.114 e. The molecule has 0 atom stereocenters. The fourth-order valence-electron chi connectivity index (χ4n) is 2.65. The molecule has 0 saturated carbocycles. The number of halogens is 1. The van der Waals surface area contributed by atoms with Crippen molar-refractivity contribution in [2.45, 2.75) is 6.54 Å². The summed E-state index contributed by atoms with van der Waals surface area (Å²) < 4.78 is 2.11. The molecule has 0 radical (unpaired) electrons. The fraction of sp³-hybridized carbons (Fsp3) is 0.0526. The number of fused-ring (bicyclic) bond motifs is 1. The van der Waals surface area contributed by atoms with Gasteiger partial charge in [0, 0.05) is 34.2 Å². The zero-order chi connectivity index (χ0) is 17.1. The topological polar surface area (TPSA) is 54.7 Å². The summed E-state index contributed by atoms with van der Waals surface area (Å²) in [5.74, 6) is 0. The van der Waals surface area contributed by atoms with E-state index in [9.17, 15) is 5.26 Å². The first-order valence-corrected chi connectivity index (χ1v) is 8.11. The van der Waals surface area contributed by atoms with Gasteiger partial charge in [0.15, 0.2) is 0 Å². The van der Waals surface area contributed by atoms with Crippen molar-refractivity contribution in [3.8, 4) is 6.07 Å². The van der Waals surface area contributed by atoms with Gasteiger partial charge in [0.2, 0.25) is 0 Å². The Balaban J connectivity index is 2.12. The molecule has 0 aliphatic carbocycles. The molecule has 3 aromatic rings. The van der Waals surface area contributed by atoms with Crippen LogP contribution >= 0.6 is 23.8 Å². The van der Waals surface area contributed by atoms with E-state index in [0.29, 0.717) is 12.1 Å². The Bertz CT molecular complexity index is 995. The van der Waals surface area contributed by atoms with E-state index in [-0.39, 0.29) is 4.99 Å². The van der Waals surface area contributed by atoms with Gasteiger partial charge < -0.3 is 10.3 Å². The number of hydrogen-bond donors (Lipinski definition) is 1. The number of nitrogens with zero attached hydrogens (tertiary/aromatic N) is 2. The molecule has 2 aromatic carbocycles. The van der Waals surface area contributed by atoms with Crippen LogP contribution in [0.5, 0.6) is 0 Å². The average Bonchev–Trinajstić information content (AvgIpc) is 2.92. The molecule has 24 heavy (non-hydrogen) atoms. The van der Waals surface area contributed by atoms with Gasteiger partial charge in [-0.3, -0.25) is 0 Å². The first-order valence-electron chi connectivity index (χ1n) is 7.33. The monoisotopic (exact) mass is 351 g/mol. The normalized spacial score (nSPS) is 11.4. The second-order valence-corrected chi connectivity index (χ2v) is 6.20. The molecule has 0 unspecified atom stereocenters. The van der Waals surface area contributed by atoms with Gasteiger partial charge in [0.1, 0.15) is 11.1 Å². The number of aromatic nitrogens is 1. The van der Waals surface area contributed by atoms with Crippen LogP contribution in [0.4, 0.5) is 0 Å². The second-order valence-electron chi connectivity index (χ2n) is 5.35. The molecular formula is C19H14ClN3S. The van der Waals surface area contributed by atoms with E-state index in [1.54, 1.807) is 6.08 Å². The number of nitrogens with two attached hydrogens (primary N) is 1. The van der Waals surface area contributed by atoms with Crippen molar-refractivity contribution in [1.82, 2.24) is 4.57 Å². The maximum Gasteiger partial charge on any atom is 0.114 e. The Morgan fingerprint density at radius 2 is 1.92 bits per heavy atom. The number of thiocarbonyl (C=S) groups is 1. The lowest BCUT2D eigenvalue weighted by Crippen LogP contribution is -2.09. The van der Waals surface area contributed by atoms with Gasteiger partial charge in [-0.15, -0.1) is 0 Å². The minimum absolute atomic E-state index is 0.0976. The zero-order valence-corrected chi connectivity index (χ0v) is 14.3. The first kappa shape index (κ1) is 16.3. The van der Waals surface area contributed by atoms with Crippen molar-refractivity contribution >= 4 is 45.8 Å². The molecule has 0 spiro atoms. The van der Waals surface area contributed by atoms with Crippen LogP contribution in [0, 0.1) is 11.3 Å². The van der Waals surface area contributed by atoms with Crippen LogP contribution in [0.3, 0.4) is 0 Å². The lowest BCUT2D eigenvalue weighted by atomic mass is 10.1. The quantitative estimate of drug-likeness (QED) is 0.426. The molecule has 1 heterocycles. The maximum absolute atomic E-state index is 9.20. The number of hydrogen-bond acceptors (Lipinski definition) is 2. The van der Waals surface area contributed by atoms with Gasteiger partial charge in [-0.05, 0) is 23.8 Å². The van der Waals surface area contributed by atoms with Crippen molar-refractivity contribution in [3.05, 3.63) is 76.5 Å². The van der Waals surface area contributed by atoms with Crippen LogP contribution in [0.1, 0.15) is 11.1 Å². The Hall–Kier alpha value is -2.61. The highest BCUT2D eigenvalue weighted by Crippen LogP contribution is 2.26. The fourth-order valence-corrected chi connectivity index (χ4v) is 2.95. The van der Waals surface area contributed by atoms with Crippen LogP contribution in [0.2, 0.25) is 5.02 Å².